The van der Waals surface area contributed by atoms with Gasteiger partial charge in [0.25, 0.3) is 0 Å². The first-order valence-corrected chi connectivity index (χ1v) is 6.86. The number of anilines is 1. The van der Waals surface area contributed by atoms with Gasteiger partial charge >= 0.3 is 0 Å². The van der Waals surface area contributed by atoms with Gasteiger partial charge in [0.05, 0.1) is 11.5 Å². The second-order valence-corrected chi connectivity index (χ2v) is 5.45. The van der Waals surface area contributed by atoms with Gasteiger partial charge in [-0.05, 0) is 19.4 Å². The van der Waals surface area contributed by atoms with E-state index in [1.54, 1.807) is 6.08 Å². The Hall–Kier alpha value is -2.63. The van der Waals surface area contributed by atoms with Gasteiger partial charge in [0, 0.05) is 36.2 Å². The second-order valence-electron chi connectivity index (χ2n) is 5.45. The molecule has 1 aliphatic rings. The molecule has 3 heterocycles. The monoisotopic (exact) mass is 281 g/mol. The molecule has 0 spiro atoms. The van der Waals surface area contributed by atoms with Crippen molar-refractivity contribution in [3.8, 4) is 0 Å². The minimum Gasteiger partial charge on any atom is -0.512 e. The Labute approximate surface area is 121 Å². The highest BCUT2D eigenvalue weighted by Crippen LogP contribution is 2.32. The Morgan fingerprint density at radius 1 is 1.24 bits per heavy atom. The third kappa shape index (κ3) is 1.62. The summed E-state index contributed by atoms with van der Waals surface area (Å²) in [5.41, 5.74) is 10.9. The molecule has 0 aliphatic heterocycles. The Bertz CT molecular complexity index is 939. The molecule has 4 rings (SSSR count). The predicted molar refractivity (Wildman–Crippen MR) is 81.9 cm³/mol. The van der Waals surface area contributed by atoms with E-state index in [1.165, 1.54) is 0 Å². The molecule has 0 saturated carbocycles. The molecule has 0 atom stereocenters. The van der Waals surface area contributed by atoms with Crippen molar-refractivity contribution in [1.82, 2.24) is 19.5 Å². The molecule has 0 radical (unpaired) electrons. The van der Waals surface area contributed by atoms with E-state index in [-0.39, 0.29) is 0 Å². The van der Waals surface area contributed by atoms with E-state index in [0.29, 0.717) is 29.9 Å². The van der Waals surface area contributed by atoms with E-state index >= 15 is 0 Å². The van der Waals surface area contributed by atoms with Crippen LogP contribution >= 0.6 is 0 Å². The van der Waals surface area contributed by atoms with Crippen LogP contribution < -0.4 is 5.73 Å². The Morgan fingerprint density at radius 3 is 2.86 bits per heavy atom. The number of fused-ring (bicyclic) bond motifs is 3. The van der Waals surface area contributed by atoms with Crippen LogP contribution in [-0.2, 0) is 13.5 Å². The van der Waals surface area contributed by atoms with Gasteiger partial charge in [-0.25, -0.2) is 15.0 Å². The molecule has 0 aromatic carbocycles. The number of hydrogen-bond acceptors (Lipinski definition) is 5. The van der Waals surface area contributed by atoms with Crippen molar-refractivity contribution >= 4 is 34.0 Å². The SMILES string of the molecule is Cc1nc2cc3c(N)c4c(nc3nc2n1C)C=C(O)CC4. The molecule has 6 heteroatoms. The lowest BCUT2D eigenvalue weighted by Crippen LogP contribution is -2.07. The highest BCUT2D eigenvalue weighted by molar-refractivity contribution is 5.97. The topological polar surface area (TPSA) is 89.9 Å². The van der Waals surface area contributed by atoms with E-state index < -0.39 is 0 Å². The third-order valence-corrected chi connectivity index (χ3v) is 4.13. The summed E-state index contributed by atoms with van der Waals surface area (Å²) in [4.78, 5) is 13.6. The molecule has 0 fully saturated rings. The summed E-state index contributed by atoms with van der Waals surface area (Å²) < 4.78 is 1.93. The van der Waals surface area contributed by atoms with Gasteiger partial charge < -0.3 is 15.4 Å². The van der Waals surface area contributed by atoms with Crippen molar-refractivity contribution in [2.75, 3.05) is 5.73 Å². The van der Waals surface area contributed by atoms with Gasteiger partial charge in [-0.15, -0.1) is 0 Å². The van der Waals surface area contributed by atoms with Crippen LogP contribution in [0.4, 0.5) is 5.69 Å². The number of hydrogen-bond donors (Lipinski definition) is 2. The Kier molecular flexibility index (Phi) is 2.28. The fourth-order valence-corrected chi connectivity index (χ4v) is 2.85. The van der Waals surface area contributed by atoms with Gasteiger partial charge in [-0.3, -0.25) is 0 Å². The largest absolute Gasteiger partial charge is 0.512 e. The van der Waals surface area contributed by atoms with Gasteiger partial charge in [-0.1, -0.05) is 0 Å². The molecule has 0 bridgehead atoms. The molecular weight excluding hydrogens is 266 g/mol. The van der Waals surface area contributed by atoms with Gasteiger partial charge in [0.2, 0.25) is 0 Å². The normalized spacial score (nSPS) is 14.5. The van der Waals surface area contributed by atoms with Crippen molar-refractivity contribution < 1.29 is 5.11 Å². The minimum atomic E-state index is 0.339. The number of aliphatic hydroxyl groups is 1. The maximum atomic E-state index is 9.68. The van der Waals surface area contributed by atoms with E-state index in [9.17, 15) is 5.11 Å². The predicted octanol–water partition coefficient (Wildman–Crippen LogP) is 2.25. The zero-order valence-corrected chi connectivity index (χ0v) is 11.9. The molecular formula is C15H15N5O. The van der Waals surface area contributed by atoms with Crippen LogP contribution in [0, 0.1) is 6.92 Å². The third-order valence-electron chi connectivity index (χ3n) is 4.13. The van der Waals surface area contributed by atoms with Crippen LogP contribution in [0.15, 0.2) is 11.8 Å². The molecule has 0 amide bonds. The second kappa shape index (κ2) is 3.94. The number of nitrogens with two attached hydrogens (primary N) is 1. The van der Waals surface area contributed by atoms with Gasteiger partial charge in [0.15, 0.2) is 11.3 Å². The molecule has 0 saturated heterocycles. The summed E-state index contributed by atoms with van der Waals surface area (Å²) in [5, 5.41) is 10.5. The quantitative estimate of drug-likeness (QED) is 0.659. The summed E-state index contributed by atoms with van der Waals surface area (Å²) in [7, 11) is 1.93. The first kappa shape index (κ1) is 12.1. The highest BCUT2D eigenvalue weighted by Gasteiger charge is 2.18. The van der Waals surface area contributed by atoms with Crippen LogP contribution in [0.5, 0.6) is 0 Å². The summed E-state index contributed by atoms with van der Waals surface area (Å²) in [5.74, 6) is 1.24. The lowest BCUT2D eigenvalue weighted by Gasteiger charge is -2.16. The molecule has 0 unspecified atom stereocenters. The number of nitrogen functional groups attached to an aromatic ring is 1. The standard InChI is InChI=1S/C15H15N5O/c1-7-17-12-6-10-13(16)9-4-3-8(21)5-11(9)18-14(10)19-15(12)20(7)2/h5-6,21H,3-4H2,1-2H3,(H2,16,18,19). The van der Waals surface area contributed by atoms with E-state index in [1.807, 2.05) is 24.6 Å². The molecule has 6 nitrogen and oxygen atoms in total. The van der Waals surface area contributed by atoms with Gasteiger partial charge in [0.1, 0.15) is 11.3 Å². The van der Waals surface area contributed by atoms with Crippen LogP contribution in [0.25, 0.3) is 28.3 Å². The average molecular weight is 281 g/mol. The van der Waals surface area contributed by atoms with E-state index in [0.717, 1.165) is 33.6 Å². The fourth-order valence-electron chi connectivity index (χ4n) is 2.85. The lowest BCUT2D eigenvalue weighted by molar-refractivity contribution is 0.391. The zero-order valence-electron chi connectivity index (χ0n) is 11.9. The fraction of sp³-hybridized carbons (Fsp3) is 0.267. The Balaban J connectivity index is 2.12. The van der Waals surface area contributed by atoms with Crippen molar-refractivity contribution in [3.63, 3.8) is 0 Å². The van der Waals surface area contributed by atoms with Crippen molar-refractivity contribution in [2.24, 2.45) is 7.05 Å². The first-order valence-electron chi connectivity index (χ1n) is 6.86. The summed E-state index contributed by atoms with van der Waals surface area (Å²) >= 11 is 0. The molecule has 3 aromatic rings. The van der Waals surface area contributed by atoms with Crippen LogP contribution in [0.1, 0.15) is 23.5 Å². The molecule has 3 N–H and O–H groups in total. The summed E-state index contributed by atoms with van der Waals surface area (Å²) in [6, 6.07) is 1.95. The van der Waals surface area contributed by atoms with Gasteiger partial charge in [-0.2, -0.15) is 0 Å². The van der Waals surface area contributed by atoms with Crippen molar-refractivity contribution in [1.29, 1.82) is 0 Å². The van der Waals surface area contributed by atoms with Crippen LogP contribution in [0.2, 0.25) is 0 Å². The number of nitrogens with zero attached hydrogens (tertiary/aromatic N) is 4. The molecule has 106 valence electrons. The number of rotatable bonds is 0. The number of aliphatic hydroxyl groups excluding tert-OH is 1. The molecule has 1 aliphatic carbocycles. The first-order chi connectivity index (χ1) is 10.0. The van der Waals surface area contributed by atoms with E-state index in [4.69, 9.17) is 5.73 Å². The lowest BCUT2D eigenvalue weighted by atomic mass is 9.97. The maximum absolute atomic E-state index is 9.68. The van der Waals surface area contributed by atoms with Crippen molar-refractivity contribution in [3.05, 3.63) is 28.9 Å². The number of allylic oxidation sites excluding steroid dienone is 1. The van der Waals surface area contributed by atoms with E-state index in [2.05, 4.69) is 15.0 Å². The van der Waals surface area contributed by atoms with Crippen LogP contribution in [-0.4, -0.2) is 24.6 Å². The number of imidazole rings is 1. The number of pyridine rings is 2. The highest BCUT2D eigenvalue weighted by atomic mass is 16.3. The minimum absolute atomic E-state index is 0.339. The Morgan fingerprint density at radius 2 is 2.05 bits per heavy atom. The van der Waals surface area contributed by atoms with Crippen LogP contribution in [0.3, 0.4) is 0 Å². The molecule has 21 heavy (non-hydrogen) atoms. The van der Waals surface area contributed by atoms with Crippen molar-refractivity contribution in [2.45, 2.75) is 19.8 Å². The zero-order chi connectivity index (χ0) is 14.7. The summed E-state index contributed by atoms with van der Waals surface area (Å²) in [6.45, 7) is 1.94. The smallest absolute Gasteiger partial charge is 0.164 e. The molecule has 3 aromatic heterocycles. The average Bonchev–Trinajstić information content (AvgIpc) is 2.72. The maximum Gasteiger partial charge on any atom is 0.164 e. The summed E-state index contributed by atoms with van der Waals surface area (Å²) in [6.07, 6.45) is 2.98. The number of aryl methyl sites for hydroxylation is 2. The number of aromatic nitrogens is 4.